The Kier molecular flexibility index (Phi) is 4.30. The lowest BCUT2D eigenvalue weighted by molar-refractivity contribution is 0.579. The van der Waals surface area contributed by atoms with Crippen LogP contribution in [0, 0.1) is 0 Å². The zero-order valence-electron chi connectivity index (χ0n) is 10.3. The van der Waals surface area contributed by atoms with E-state index >= 15 is 0 Å². The summed E-state index contributed by atoms with van der Waals surface area (Å²) < 4.78 is 28.6. The van der Waals surface area contributed by atoms with Gasteiger partial charge in [0.15, 0.2) is 10.8 Å². The molecule has 0 fully saturated rings. The average Bonchev–Trinajstić information content (AvgIpc) is 2.78. The zero-order valence-corrected chi connectivity index (χ0v) is 12.0. The van der Waals surface area contributed by atoms with Gasteiger partial charge in [-0.05, 0) is 18.4 Å². The number of hydrazine groups is 1. The van der Waals surface area contributed by atoms with Crippen LogP contribution in [0.3, 0.4) is 0 Å². The van der Waals surface area contributed by atoms with Crippen LogP contribution in [-0.4, -0.2) is 36.4 Å². The molecule has 0 spiro atoms. The van der Waals surface area contributed by atoms with Crippen LogP contribution >= 0.6 is 11.8 Å². The molecule has 104 valence electrons. The predicted octanol–water partition coefficient (Wildman–Crippen LogP) is 0.261. The number of aromatic nitrogens is 2. The lowest BCUT2D eigenvalue weighted by Gasteiger charge is -2.07. The van der Waals surface area contributed by atoms with Crippen molar-refractivity contribution in [1.82, 2.24) is 14.1 Å². The van der Waals surface area contributed by atoms with Gasteiger partial charge in [0.25, 0.3) is 10.0 Å². The number of anilines is 1. The molecule has 2 heterocycles. The lowest BCUT2D eigenvalue weighted by atomic mass is 10.5. The van der Waals surface area contributed by atoms with Crippen molar-refractivity contribution in [3.05, 3.63) is 24.4 Å². The van der Waals surface area contributed by atoms with Crippen molar-refractivity contribution in [1.29, 1.82) is 0 Å². The maximum Gasteiger partial charge on any atom is 0.260 e. The smallest absolute Gasteiger partial charge is 0.260 e. The number of pyridine rings is 1. The number of fused-ring (bicyclic) bond motifs is 1. The highest BCUT2D eigenvalue weighted by Crippen LogP contribution is 2.21. The Labute approximate surface area is 115 Å². The first-order chi connectivity index (χ1) is 9.10. The second kappa shape index (κ2) is 5.78. The molecule has 0 atom stereocenters. The minimum absolute atomic E-state index is 0.0201. The number of hydrogen-bond acceptors (Lipinski definition) is 6. The second-order valence-electron chi connectivity index (χ2n) is 3.73. The number of sulfonamides is 1. The molecule has 2 rings (SSSR count). The topological polar surface area (TPSA) is 102 Å². The van der Waals surface area contributed by atoms with E-state index in [4.69, 9.17) is 5.84 Å². The molecule has 4 N–H and O–H groups in total. The van der Waals surface area contributed by atoms with Gasteiger partial charge in [0.1, 0.15) is 5.65 Å². The Morgan fingerprint density at radius 3 is 2.95 bits per heavy atom. The van der Waals surface area contributed by atoms with E-state index in [1.165, 1.54) is 4.40 Å². The summed E-state index contributed by atoms with van der Waals surface area (Å²) in [6, 6.07) is 5.22. The number of nitrogens with two attached hydrogens (primary N) is 1. The fourth-order valence-corrected chi connectivity index (χ4v) is 3.39. The largest absolute Gasteiger partial charge is 0.306 e. The van der Waals surface area contributed by atoms with E-state index in [2.05, 4.69) is 15.1 Å². The minimum Gasteiger partial charge on any atom is -0.306 e. The summed E-state index contributed by atoms with van der Waals surface area (Å²) in [4.78, 5) is 4.13. The van der Waals surface area contributed by atoms with E-state index in [9.17, 15) is 8.42 Å². The minimum atomic E-state index is -3.66. The van der Waals surface area contributed by atoms with Crippen molar-refractivity contribution < 1.29 is 8.42 Å². The van der Waals surface area contributed by atoms with Crippen molar-refractivity contribution in [2.24, 2.45) is 5.84 Å². The van der Waals surface area contributed by atoms with Crippen LogP contribution < -0.4 is 16.0 Å². The maximum absolute atomic E-state index is 12.3. The molecule has 0 saturated carbocycles. The normalized spacial score (nSPS) is 11.9. The molecule has 2 aromatic heterocycles. The summed E-state index contributed by atoms with van der Waals surface area (Å²) in [7, 11) is -3.66. The number of nitrogens with zero attached hydrogens (tertiary/aromatic N) is 2. The van der Waals surface area contributed by atoms with Crippen LogP contribution in [0.1, 0.15) is 0 Å². The van der Waals surface area contributed by atoms with Crippen molar-refractivity contribution in [3.8, 4) is 0 Å². The van der Waals surface area contributed by atoms with E-state index in [1.54, 1.807) is 36.2 Å². The third-order valence-electron chi connectivity index (χ3n) is 2.48. The van der Waals surface area contributed by atoms with Gasteiger partial charge in [0.05, 0.1) is 0 Å². The third-order valence-corrected chi connectivity index (χ3v) is 4.57. The standard InChI is InChI=1S/C10H15N5O2S2/c1-18-7-5-12-19(16,17)10-9(14-11)13-8-4-2-3-6-15(8)10/h2-4,6,12,14H,5,7,11H2,1H3. The zero-order chi connectivity index (χ0) is 13.9. The summed E-state index contributed by atoms with van der Waals surface area (Å²) in [5.74, 6) is 6.17. The van der Waals surface area contributed by atoms with Crippen LogP contribution in [0.5, 0.6) is 0 Å². The Bertz CT molecular complexity index is 668. The van der Waals surface area contributed by atoms with Gasteiger partial charge in [0, 0.05) is 18.5 Å². The van der Waals surface area contributed by atoms with E-state index in [0.717, 1.165) is 0 Å². The highest BCUT2D eigenvalue weighted by molar-refractivity contribution is 7.98. The number of imidazole rings is 1. The Morgan fingerprint density at radius 1 is 1.47 bits per heavy atom. The fourth-order valence-electron chi connectivity index (χ4n) is 1.67. The van der Waals surface area contributed by atoms with E-state index in [-0.39, 0.29) is 10.8 Å². The molecule has 0 radical (unpaired) electrons. The van der Waals surface area contributed by atoms with Gasteiger partial charge in [-0.1, -0.05) is 6.07 Å². The van der Waals surface area contributed by atoms with Crippen LogP contribution in [-0.2, 0) is 10.0 Å². The summed E-state index contributed by atoms with van der Waals surface area (Å²) in [5, 5.41) is 0.0201. The number of thioether (sulfide) groups is 1. The van der Waals surface area contributed by atoms with E-state index in [0.29, 0.717) is 17.9 Å². The molecule has 7 nitrogen and oxygen atoms in total. The SMILES string of the molecule is CSCCNS(=O)(=O)c1c(NN)nc2ccccn12. The lowest BCUT2D eigenvalue weighted by Crippen LogP contribution is -2.28. The predicted molar refractivity (Wildman–Crippen MR) is 76.6 cm³/mol. The van der Waals surface area contributed by atoms with Crippen LogP contribution in [0.25, 0.3) is 5.65 Å². The molecule has 0 amide bonds. The Balaban J connectivity index is 2.48. The molecule has 9 heteroatoms. The average molecular weight is 301 g/mol. The molecular formula is C10H15N5O2S2. The van der Waals surface area contributed by atoms with Crippen molar-refractivity contribution in [3.63, 3.8) is 0 Å². The van der Waals surface area contributed by atoms with Crippen molar-refractivity contribution >= 4 is 33.3 Å². The number of nitrogen functional groups attached to an aromatic ring is 1. The number of hydrogen-bond donors (Lipinski definition) is 3. The summed E-state index contributed by atoms with van der Waals surface area (Å²) in [5.41, 5.74) is 2.84. The quantitative estimate of drug-likeness (QED) is 0.402. The first-order valence-corrected chi connectivity index (χ1v) is 8.40. The van der Waals surface area contributed by atoms with Gasteiger partial charge in [-0.25, -0.2) is 24.0 Å². The van der Waals surface area contributed by atoms with Gasteiger partial charge in [-0.2, -0.15) is 11.8 Å². The van der Waals surface area contributed by atoms with E-state index < -0.39 is 10.0 Å². The summed E-state index contributed by atoms with van der Waals surface area (Å²) >= 11 is 1.56. The molecule has 0 aliphatic carbocycles. The Morgan fingerprint density at radius 2 is 2.26 bits per heavy atom. The van der Waals surface area contributed by atoms with Gasteiger partial charge < -0.3 is 5.43 Å². The van der Waals surface area contributed by atoms with Crippen LogP contribution in [0.4, 0.5) is 5.82 Å². The molecule has 0 saturated heterocycles. The molecule has 0 aliphatic rings. The molecule has 19 heavy (non-hydrogen) atoms. The monoisotopic (exact) mass is 301 g/mol. The van der Waals surface area contributed by atoms with E-state index in [1.807, 2.05) is 6.26 Å². The van der Waals surface area contributed by atoms with Gasteiger partial charge in [-0.15, -0.1) is 0 Å². The van der Waals surface area contributed by atoms with Gasteiger partial charge in [-0.3, -0.25) is 4.40 Å². The Hall–Kier alpha value is -1.29. The first kappa shape index (κ1) is 14.1. The van der Waals surface area contributed by atoms with Crippen LogP contribution in [0.15, 0.2) is 29.4 Å². The highest BCUT2D eigenvalue weighted by Gasteiger charge is 2.24. The number of rotatable bonds is 6. The van der Waals surface area contributed by atoms with Crippen LogP contribution in [0.2, 0.25) is 0 Å². The van der Waals surface area contributed by atoms with Gasteiger partial charge in [0.2, 0.25) is 0 Å². The second-order valence-corrected chi connectivity index (χ2v) is 6.40. The molecular weight excluding hydrogens is 286 g/mol. The third kappa shape index (κ3) is 2.84. The van der Waals surface area contributed by atoms with Crippen molar-refractivity contribution in [2.75, 3.05) is 24.0 Å². The molecule has 0 aliphatic heterocycles. The fraction of sp³-hybridized carbons (Fsp3) is 0.300. The highest BCUT2D eigenvalue weighted by atomic mass is 32.2. The van der Waals surface area contributed by atoms with Gasteiger partial charge >= 0.3 is 0 Å². The molecule has 2 aromatic rings. The number of nitrogens with one attached hydrogen (secondary N) is 2. The molecule has 0 unspecified atom stereocenters. The summed E-state index contributed by atoms with van der Waals surface area (Å²) in [6.45, 7) is 0.355. The summed E-state index contributed by atoms with van der Waals surface area (Å²) in [6.07, 6.45) is 3.54. The van der Waals surface area contributed by atoms with Crippen molar-refractivity contribution in [2.45, 2.75) is 5.03 Å². The molecule has 0 bridgehead atoms. The molecule has 0 aromatic carbocycles. The maximum atomic E-state index is 12.3. The first-order valence-electron chi connectivity index (χ1n) is 5.52.